The molecule has 146 valence electrons. The van der Waals surface area contributed by atoms with Crippen molar-refractivity contribution in [2.24, 2.45) is 5.92 Å². The standard InChI is InChI=1S/C20H27N3O4/c24-19(25)12-23(11-13-3-4-13)17-9-16(10-17)22-20(26)21-15-5-6-18-14(8-15)2-1-7-27-18/h5-6,8,13,16-17H,1-4,7,9-12H2,(H,24,25)(H2,21,22,26). The molecule has 2 saturated carbocycles. The zero-order valence-corrected chi connectivity index (χ0v) is 15.4. The van der Waals surface area contributed by atoms with Gasteiger partial charge in [0.05, 0.1) is 13.2 Å². The zero-order chi connectivity index (χ0) is 18.8. The fraction of sp³-hybridized carbons (Fsp3) is 0.600. The molecular formula is C20H27N3O4. The molecule has 2 fully saturated rings. The second kappa shape index (κ2) is 7.76. The lowest BCUT2D eigenvalue weighted by atomic mass is 9.85. The van der Waals surface area contributed by atoms with Gasteiger partial charge in [0.15, 0.2) is 0 Å². The van der Waals surface area contributed by atoms with Crippen LogP contribution in [-0.4, -0.2) is 53.8 Å². The van der Waals surface area contributed by atoms with Crippen molar-refractivity contribution in [2.45, 2.75) is 50.6 Å². The summed E-state index contributed by atoms with van der Waals surface area (Å²) >= 11 is 0. The van der Waals surface area contributed by atoms with E-state index in [9.17, 15) is 9.59 Å². The van der Waals surface area contributed by atoms with Crippen LogP contribution < -0.4 is 15.4 Å². The van der Waals surface area contributed by atoms with E-state index in [-0.39, 0.29) is 24.7 Å². The van der Waals surface area contributed by atoms with Crippen LogP contribution in [0.25, 0.3) is 0 Å². The van der Waals surface area contributed by atoms with Crippen LogP contribution in [0.4, 0.5) is 10.5 Å². The maximum atomic E-state index is 12.3. The summed E-state index contributed by atoms with van der Waals surface area (Å²) in [5.41, 5.74) is 1.90. The molecule has 0 spiro atoms. The number of urea groups is 1. The summed E-state index contributed by atoms with van der Waals surface area (Å²) < 4.78 is 5.59. The Kier molecular flexibility index (Phi) is 5.20. The van der Waals surface area contributed by atoms with Crippen LogP contribution >= 0.6 is 0 Å². The molecule has 1 aromatic carbocycles. The molecule has 0 aromatic heterocycles. The number of hydrogen-bond acceptors (Lipinski definition) is 4. The first kappa shape index (κ1) is 18.1. The minimum absolute atomic E-state index is 0.0945. The average Bonchev–Trinajstić information content (AvgIpc) is 3.41. The zero-order valence-electron chi connectivity index (χ0n) is 15.4. The van der Waals surface area contributed by atoms with E-state index in [0.717, 1.165) is 55.8 Å². The van der Waals surface area contributed by atoms with Crippen molar-refractivity contribution >= 4 is 17.7 Å². The van der Waals surface area contributed by atoms with Crippen molar-refractivity contribution in [1.29, 1.82) is 0 Å². The van der Waals surface area contributed by atoms with Gasteiger partial charge in [0.1, 0.15) is 5.75 Å². The number of rotatable bonds is 7. The Labute approximate surface area is 159 Å². The summed E-state index contributed by atoms with van der Waals surface area (Å²) in [6.45, 7) is 1.72. The number of ether oxygens (including phenoxy) is 1. The highest BCUT2D eigenvalue weighted by Crippen LogP contribution is 2.34. The number of benzene rings is 1. The van der Waals surface area contributed by atoms with Crippen molar-refractivity contribution in [2.75, 3.05) is 25.0 Å². The van der Waals surface area contributed by atoms with Crippen LogP contribution in [0.5, 0.6) is 5.75 Å². The summed E-state index contributed by atoms with van der Waals surface area (Å²) in [5, 5.41) is 15.0. The SMILES string of the molecule is O=C(O)CN(CC1CC1)C1CC(NC(=O)Nc2ccc3c(c2)CCCO3)C1. The average molecular weight is 373 g/mol. The Morgan fingerprint density at radius 1 is 1.26 bits per heavy atom. The van der Waals surface area contributed by atoms with E-state index in [2.05, 4.69) is 15.5 Å². The molecule has 4 rings (SSSR count). The molecule has 27 heavy (non-hydrogen) atoms. The third-order valence-electron chi connectivity index (χ3n) is 5.66. The molecule has 0 saturated heterocycles. The molecular weight excluding hydrogens is 346 g/mol. The van der Waals surface area contributed by atoms with E-state index in [1.54, 1.807) is 0 Å². The predicted octanol–water partition coefficient (Wildman–Crippen LogP) is 2.46. The van der Waals surface area contributed by atoms with Crippen LogP contribution in [0.2, 0.25) is 0 Å². The monoisotopic (exact) mass is 373 g/mol. The van der Waals surface area contributed by atoms with Gasteiger partial charge in [0, 0.05) is 24.3 Å². The summed E-state index contributed by atoms with van der Waals surface area (Å²) in [7, 11) is 0. The molecule has 1 aliphatic heterocycles. The summed E-state index contributed by atoms with van der Waals surface area (Å²) in [6.07, 6.45) is 6.01. The topological polar surface area (TPSA) is 90.9 Å². The van der Waals surface area contributed by atoms with Crippen LogP contribution in [0.1, 0.15) is 37.7 Å². The number of nitrogens with zero attached hydrogens (tertiary/aromatic N) is 1. The minimum atomic E-state index is -0.777. The van der Waals surface area contributed by atoms with Gasteiger partial charge in [0.25, 0.3) is 0 Å². The van der Waals surface area contributed by atoms with Crippen LogP contribution in [0, 0.1) is 5.92 Å². The van der Waals surface area contributed by atoms with E-state index in [4.69, 9.17) is 9.84 Å². The van der Waals surface area contributed by atoms with Gasteiger partial charge in [-0.05, 0) is 68.2 Å². The lowest BCUT2D eigenvalue weighted by Crippen LogP contribution is -2.55. The summed E-state index contributed by atoms with van der Waals surface area (Å²) in [4.78, 5) is 25.4. The van der Waals surface area contributed by atoms with Gasteiger partial charge in [-0.15, -0.1) is 0 Å². The first-order chi connectivity index (χ1) is 13.1. The van der Waals surface area contributed by atoms with E-state index < -0.39 is 5.97 Å². The van der Waals surface area contributed by atoms with Gasteiger partial charge in [0.2, 0.25) is 0 Å². The second-order valence-electron chi connectivity index (χ2n) is 7.96. The van der Waals surface area contributed by atoms with Crippen molar-refractivity contribution in [3.05, 3.63) is 23.8 Å². The third-order valence-corrected chi connectivity index (χ3v) is 5.66. The number of amides is 2. The molecule has 0 radical (unpaired) electrons. The summed E-state index contributed by atoms with van der Waals surface area (Å²) in [6, 6.07) is 5.89. The Bertz CT molecular complexity index is 713. The number of fused-ring (bicyclic) bond motifs is 1. The van der Waals surface area contributed by atoms with Gasteiger partial charge < -0.3 is 20.5 Å². The lowest BCUT2D eigenvalue weighted by Gasteiger charge is -2.42. The van der Waals surface area contributed by atoms with Gasteiger partial charge in [-0.1, -0.05) is 0 Å². The first-order valence-electron chi connectivity index (χ1n) is 9.86. The van der Waals surface area contributed by atoms with Gasteiger partial charge in [-0.2, -0.15) is 0 Å². The van der Waals surface area contributed by atoms with Crippen molar-refractivity contribution in [3.8, 4) is 5.75 Å². The van der Waals surface area contributed by atoms with E-state index >= 15 is 0 Å². The smallest absolute Gasteiger partial charge is 0.319 e. The fourth-order valence-electron chi connectivity index (χ4n) is 3.94. The quantitative estimate of drug-likeness (QED) is 0.683. The molecule has 3 aliphatic rings. The fourth-order valence-corrected chi connectivity index (χ4v) is 3.94. The van der Waals surface area contributed by atoms with Crippen LogP contribution in [-0.2, 0) is 11.2 Å². The molecule has 0 unspecified atom stereocenters. The Morgan fingerprint density at radius 3 is 2.81 bits per heavy atom. The number of aryl methyl sites for hydroxylation is 1. The van der Waals surface area contributed by atoms with Gasteiger partial charge in [-0.3, -0.25) is 9.69 Å². The molecule has 0 bridgehead atoms. The lowest BCUT2D eigenvalue weighted by molar-refractivity contribution is -0.139. The summed E-state index contributed by atoms with van der Waals surface area (Å²) in [5.74, 6) is 0.789. The molecule has 2 amide bonds. The number of hydrogen-bond donors (Lipinski definition) is 3. The highest BCUT2D eigenvalue weighted by atomic mass is 16.5. The molecule has 1 aromatic rings. The van der Waals surface area contributed by atoms with Crippen molar-refractivity contribution in [1.82, 2.24) is 10.2 Å². The highest BCUT2D eigenvalue weighted by Gasteiger charge is 2.37. The Hall–Kier alpha value is -2.28. The largest absolute Gasteiger partial charge is 0.493 e. The predicted molar refractivity (Wildman–Crippen MR) is 101 cm³/mol. The Balaban J connectivity index is 1.24. The highest BCUT2D eigenvalue weighted by molar-refractivity contribution is 5.89. The number of carbonyl (C=O) groups is 2. The number of carboxylic acid groups (broad SMARTS) is 1. The second-order valence-corrected chi connectivity index (χ2v) is 7.96. The molecule has 2 aliphatic carbocycles. The van der Waals surface area contributed by atoms with E-state index in [1.807, 2.05) is 18.2 Å². The van der Waals surface area contributed by atoms with E-state index in [1.165, 1.54) is 12.8 Å². The third kappa shape index (κ3) is 4.71. The van der Waals surface area contributed by atoms with Crippen molar-refractivity contribution in [3.63, 3.8) is 0 Å². The van der Waals surface area contributed by atoms with Gasteiger partial charge >= 0.3 is 12.0 Å². The number of anilines is 1. The Morgan fingerprint density at radius 2 is 2.07 bits per heavy atom. The normalized spacial score (nSPS) is 23.7. The van der Waals surface area contributed by atoms with Crippen LogP contribution in [0.3, 0.4) is 0 Å². The molecule has 7 nitrogen and oxygen atoms in total. The van der Waals surface area contributed by atoms with E-state index in [0.29, 0.717) is 5.92 Å². The maximum Gasteiger partial charge on any atom is 0.319 e. The molecule has 1 heterocycles. The minimum Gasteiger partial charge on any atom is -0.493 e. The van der Waals surface area contributed by atoms with Gasteiger partial charge in [-0.25, -0.2) is 4.79 Å². The number of carbonyl (C=O) groups excluding carboxylic acids is 1. The maximum absolute atomic E-state index is 12.3. The number of carboxylic acids is 1. The molecule has 3 N–H and O–H groups in total. The van der Waals surface area contributed by atoms with Crippen LogP contribution in [0.15, 0.2) is 18.2 Å². The number of aliphatic carboxylic acids is 1. The first-order valence-corrected chi connectivity index (χ1v) is 9.86. The molecule has 0 atom stereocenters. The van der Waals surface area contributed by atoms with Crippen molar-refractivity contribution < 1.29 is 19.4 Å². The number of nitrogens with one attached hydrogen (secondary N) is 2. The molecule has 7 heteroatoms.